The number of aromatic nitrogens is 3. The molecule has 4 heterocycles. The van der Waals surface area contributed by atoms with E-state index in [1.54, 1.807) is 16.6 Å². The molecule has 0 N–H and O–H groups in total. The molecule has 0 radical (unpaired) electrons. The third kappa shape index (κ3) is 4.99. The first kappa shape index (κ1) is 24.1. The van der Waals surface area contributed by atoms with Gasteiger partial charge in [0, 0.05) is 61.5 Å². The maximum absolute atomic E-state index is 11.8. The Hall–Kier alpha value is -3.27. The van der Waals surface area contributed by atoms with E-state index < -0.39 is 9.84 Å². The lowest BCUT2D eigenvalue weighted by Crippen LogP contribution is -2.49. The summed E-state index contributed by atoms with van der Waals surface area (Å²) in [6, 6.07) is 20.0. The van der Waals surface area contributed by atoms with E-state index in [4.69, 9.17) is 14.8 Å². The van der Waals surface area contributed by atoms with E-state index in [-0.39, 0.29) is 0 Å². The molecule has 0 spiro atoms. The molecular formula is C28H31N5O3S. The minimum absolute atomic E-state index is 0.302. The molecule has 0 atom stereocenters. The molecule has 2 aliphatic heterocycles. The number of anilines is 1. The van der Waals surface area contributed by atoms with Gasteiger partial charge in [-0.25, -0.2) is 17.9 Å². The third-order valence-corrected chi connectivity index (χ3v) is 8.58. The zero-order chi connectivity index (χ0) is 25.4. The van der Waals surface area contributed by atoms with Gasteiger partial charge in [-0.1, -0.05) is 24.3 Å². The number of morpholine rings is 1. The smallest absolute Gasteiger partial charge is 0.182 e. The molecule has 37 heavy (non-hydrogen) atoms. The Morgan fingerprint density at radius 3 is 2.38 bits per heavy atom. The van der Waals surface area contributed by atoms with Crippen LogP contribution in [-0.4, -0.2) is 79.6 Å². The van der Waals surface area contributed by atoms with Gasteiger partial charge in [0.05, 0.1) is 18.1 Å². The fourth-order valence-corrected chi connectivity index (χ4v) is 6.04. The Labute approximate surface area is 217 Å². The molecule has 2 aromatic heterocycles. The summed E-state index contributed by atoms with van der Waals surface area (Å²) in [5.41, 5.74) is 4.72. The number of ether oxygens (including phenoxy) is 1. The number of benzene rings is 2. The van der Waals surface area contributed by atoms with E-state index in [1.165, 1.54) is 24.8 Å². The lowest BCUT2D eigenvalue weighted by atomic mass is 10.0. The number of pyridine rings is 1. The normalized spacial score (nSPS) is 17.9. The maximum atomic E-state index is 11.8. The van der Waals surface area contributed by atoms with E-state index in [9.17, 15) is 8.42 Å². The average molecular weight is 518 g/mol. The molecular weight excluding hydrogens is 486 g/mol. The van der Waals surface area contributed by atoms with Crippen molar-refractivity contribution in [2.24, 2.45) is 0 Å². The standard InChI is InChI=1S/C28H31N5O3S/c1-37(34,35)25-9-7-21(8-10-25)26-6-3-13-33-28(26)29-27(30-33)22-4-2-5-24(20-22)31-14-11-23(12-15-31)32-16-18-36-19-17-32/h2-10,13,20,23H,11-12,14-19H2,1H3. The van der Waals surface area contributed by atoms with Gasteiger partial charge in [-0.05, 0) is 54.8 Å². The Morgan fingerprint density at radius 2 is 1.65 bits per heavy atom. The van der Waals surface area contributed by atoms with Gasteiger partial charge < -0.3 is 9.64 Å². The number of nitrogens with zero attached hydrogens (tertiary/aromatic N) is 5. The molecule has 0 unspecified atom stereocenters. The first-order valence-corrected chi connectivity index (χ1v) is 14.7. The molecule has 192 valence electrons. The van der Waals surface area contributed by atoms with Crippen molar-refractivity contribution in [2.45, 2.75) is 23.8 Å². The van der Waals surface area contributed by atoms with Gasteiger partial charge in [0.25, 0.3) is 0 Å². The van der Waals surface area contributed by atoms with E-state index in [2.05, 4.69) is 34.1 Å². The lowest BCUT2D eigenvalue weighted by molar-refractivity contribution is 0.0115. The number of piperidine rings is 1. The SMILES string of the molecule is CS(=O)(=O)c1ccc(-c2cccn3nc(-c4cccc(N5CCC(N6CCOCC6)CC5)c4)nc23)cc1. The van der Waals surface area contributed by atoms with E-state index in [0.717, 1.165) is 61.7 Å². The minimum Gasteiger partial charge on any atom is -0.379 e. The van der Waals surface area contributed by atoms with E-state index >= 15 is 0 Å². The van der Waals surface area contributed by atoms with Crippen LogP contribution < -0.4 is 4.90 Å². The Balaban J connectivity index is 1.24. The van der Waals surface area contributed by atoms with Gasteiger partial charge in [-0.15, -0.1) is 5.10 Å². The lowest BCUT2D eigenvalue weighted by Gasteiger charge is -2.40. The first-order chi connectivity index (χ1) is 18.0. The van der Waals surface area contributed by atoms with Crippen molar-refractivity contribution in [3.8, 4) is 22.5 Å². The van der Waals surface area contributed by atoms with Gasteiger partial charge in [-0.2, -0.15) is 0 Å². The van der Waals surface area contributed by atoms with E-state index in [1.807, 2.05) is 30.5 Å². The molecule has 4 aromatic rings. The number of sulfone groups is 1. The summed E-state index contributed by atoms with van der Waals surface area (Å²) in [7, 11) is -3.24. The summed E-state index contributed by atoms with van der Waals surface area (Å²) in [5, 5.41) is 4.76. The third-order valence-electron chi connectivity index (χ3n) is 7.45. The van der Waals surface area contributed by atoms with Crippen molar-refractivity contribution in [3.63, 3.8) is 0 Å². The van der Waals surface area contributed by atoms with Crippen molar-refractivity contribution >= 4 is 21.2 Å². The van der Waals surface area contributed by atoms with Gasteiger partial charge >= 0.3 is 0 Å². The topological polar surface area (TPSA) is 80.0 Å². The van der Waals surface area contributed by atoms with E-state index in [0.29, 0.717) is 16.8 Å². The monoisotopic (exact) mass is 517 g/mol. The molecule has 2 fully saturated rings. The predicted molar refractivity (Wildman–Crippen MR) is 145 cm³/mol. The predicted octanol–water partition coefficient (Wildman–Crippen LogP) is 3.77. The summed E-state index contributed by atoms with van der Waals surface area (Å²) in [5.74, 6) is 0.672. The quantitative estimate of drug-likeness (QED) is 0.399. The molecule has 0 aliphatic carbocycles. The summed E-state index contributed by atoms with van der Waals surface area (Å²) >= 11 is 0. The Kier molecular flexibility index (Phi) is 6.44. The first-order valence-electron chi connectivity index (χ1n) is 12.8. The summed E-state index contributed by atoms with van der Waals surface area (Å²) < 4.78 is 31.0. The highest BCUT2D eigenvalue weighted by molar-refractivity contribution is 7.90. The van der Waals surface area contributed by atoms with Crippen molar-refractivity contribution in [1.29, 1.82) is 0 Å². The maximum Gasteiger partial charge on any atom is 0.182 e. The number of rotatable bonds is 5. The van der Waals surface area contributed by atoms with Crippen molar-refractivity contribution in [3.05, 3.63) is 66.9 Å². The molecule has 0 saturated carbocycles. The summed E-state index contributed by atoms with van der Waals surface area (Å²) in [6.45, 7) is 5.87. The molecule has 2 aliphatic rings. The zero-order valence-electron chi connectivity index (χ0n) is 21.0. The van der Waals surface area contributed by atoms with Crippen LogP contribution in [0.4, 0.5) is 5.69 Å². The zero-order valence-corrected chi connectivity index (χ0v) is 21.8. The van der Waals surface area contributed by atoms with Gasteiger partial charge in [0.15, 0.2) is 21.3 Å². The van der Waals surface area contributed by atoms with Crippen LogP contribution in [0.25, 0.3) is 28.2 Å². The second-order valence-corrected chi connectivity index (χ2v) is 11.9. The van der Waals surface area contributed by atoms with Gasteiger partial charge in [0.2, 0.25) is 0 Å². The average Bonchev–Trinajstić information content (AvgIpc) is 3.38. The second-order valence-electron chi connectivity index (χ2n) is 9.84. The molecule has 6 rings (SSSR count). The molecule has 2 aromatic carbocycles. The van der Waals surface area contributed by atoms with Crippen LogP contribution in [-0.2, 0) is 14.6 Å². The fraction of sp³-hybridized carbons (Fsp3) is 0.357. The Bertz CT molecular complexity index is 1500. The Morgan fingerprint density at radius 1 is 0.892 bits per heavy atom. The summed E-state index contributed by atoms with van der Waals surface area (Å²) in [6.07, 6.45) is 5.44. The molecule has 0 bridgehead atoms. The number of hydrogen-bond donors (Lipinski definition) is 0. The molecule has 2 saturated heterocycles. The second kappa shape index (κ2) is 9.89. The highest BCUT2D eigenvalue weighted by Crippen LogP contribution is 2.29. The minimum atomic E-state index is -3.24. The van der Waals surface area contributed by atoms with Gasteiger partial charge in [0.1, 0.15) is 0 Å². The highest BCUT2D eigenvalue weighted by Gasteiger charge is 2.26. The van der Waals surface area contributed by atoms with Crippen LogP contribution in [0.1, 0.15) is 12.8 Å². The summed E-state index contributed by atoms with van der Waals surface area (Å²) in [4.78, 5) is 10.2. The van der Waals surface area contributed by atoms with Crippen molar-refractivity contribution in [1.82, 2.24) is 19.5 Å². The molecule has 9 heteroatoms. The van der Waals surface area contributed by atoms with Crippen LogP contribution in [0.2, 0.25) is 0 Å². The number of fused-ring (bicyclic) bond motifs is 1. The fourth-order valence-electron chi connectivity index (χ4n) is 5.41. The highest BCUT2D eigenvalue weighted by atomic mass is 32.2. The van der Waals surface area contributed by atoms with Crippen LogP contribution in [0.3, 0.4) is 0 Å². The molecule has 8 nitrogen and oxygen atoms in total. The van der Waals surface area contributed by atoms with Gasteiger partial charge in [-0.3, -0.25) is 4.90 Å². The molecule has 0 amide bonds. The van der Waals surface area contributed by atoms with Crippen molar-refractivity contribution in [2.75, 3.05) is 50.5 Å². The van der Waals surface area contributed by atoms with Crippen LogP contribution >= 0.6 is 0 Å². The largest absolute Gasteiger partial charge is 0.379 e. The number of hydrogen-bond acceptors (Lipinski definition) is 7. The van der Waals surface area contributed by atoms with Crippen molar-refractivity contribution < 1.29 is 13.2 Å². The van der Waals surface area contributed by atoms with Crippen LogP contribution in [0, 0.1) is 0 Å². The van der Waals surface area contributed by atoms with Crippen LogP contribution in [0.5, 0.6) is 0 Å². The van der Waals surface area contributed by atoms with Crippen LogP contribution in [0.15, 0.2) is 71.8 Å².